The van der Waals surface area contributed by atoms with Crippen molar-refractivity contribution in [3.63, 3.8) is 0 Å². The van der Waals surface area contributed by atoms with Gasteiger partial charge >= 0.3 is 0 Å². The van der Waals surface area contributed by atoms with E-state index in [-0.39, 0.29) is 5.56 Å². The topological polar surface area (TPSA) is 134 Å². The van der Waals surface area contributed by atoms with E-state index < -0.39 is 27.1 Å². The van der Waals surface area contributed by atoms with Crippen LogP contribution in [0, 0.1) is 20.2 Å². The Balaban J connectivity index is 2.29. The standard InChI is InChI=1S/C19H21N3O7/c1-3-7-28-17-6-5-14(11-18(17)29-8-4-2)20-19(23)13-9-15(21(24)25)12-16(10-13)22(26)27/h5-6,9-12H,3-4,7-8H2,1-2H3,(H,20,23). The molecule has 0 bridgehead atoms. The van der Waals surface area contributed by atoms with Crippen LogP contribution in [0.15, 0.2) is 36.4 Å². The average Bonchev–Trinajstić information content (AvgIpc) is 2.70. The number of nitro benzene ring substituents is 2. The van der Waals surface area contributed by atoms with E-state index in [2.05, 4.69) is 5.32 Å². The number of amides is 1. The summed E-state index contributed by atoms with van der Waals surface area (Å²) in [6.45, 7) is 4.88. The third kappa shape index (κ3) is 5.89. The van der Waals surface area contributed by atoms with Crippen molar-refractivity contribution in [1.82, 2.24) is 0 Å². The fourth-order valence-corrected chi connectivity index (χ4v) is 2.38. The van der Waals surface area contributed by atoms with Crippen LogP contribution >= 0.6 is 0 Å². The van der Waals surface area contributed by atoms with E-state index in [9.17, 15) is 25.0 Å². The van der Waals surface area contributed by atoms with Crippen molar-refractivity contribution in [3.8, 4) is 11.5 Å². The van der Waals surface area contributed by atoms with Crippen molar-refractivity contribution < 1.29 is 24.1 Å². The molecule has 0 aliphatic carbocycles. The molecule has 1 N–H and O–H groups in total. The third-order valence-electron chi connectivity index (χ3n) is 3.71. The van der Waals surface area contributed by atoms with Crippen LogP contribution in [-0.4, -0.2) is 29.0 Å². The SMILES string of the molecule is CCCOc1ccc(NC(=O)c2cc([N+](=O)[O-])cc([N+](=O)[O-])c2)cc1OCCC. The quantitative estimate of drug-likeness (QED) is 0.461. The summed E-state index contributed by atoms with van der Waals surface area (Å²) in [4.78, 5) is 32.9. The summed E-state index contributed by atoms with van der Waals surface area (Å²) in [5, 5.41) is 24.6. The Kier molecular flexibility index (Phi) is 7.47. The molecule has 0 aliphatic heterocycles. The molecule has 0 saturated heterocycles. The Morgan fingerprint density at radius 1 is 0.897 bits per heavy atom. The Labute approximate surface area is 166 Å². The zero-order valence-corrected chi connectivity index (χ0v) is 16.0. The van der Waals surface area contributed by atoms with Gasteiger partial charge in [0.1, 0.15) is 0 Å². The molecule has 0 spiro atoms. The van der Waals surface area contributed by atoms with Crippen molar-refractivity contribution >= 4 is 23.0 Å². The number of carbonyl (C=O) groups is 1. The number of nitro groups is 2. The number of nitrogens with one attached hydrogen (secondary N) is 1. The van der Waals surface area contributed by atoms with Gasteiger partial charge in [-0.3, -0.25) is 25.0 Å². The van der Waals surface area contributed by atoms with E-state index in [0.717, 1.165) is 31.0 Å². The zero-order chi connectivity index (χ0) is 21.4. The average molecular weight is 403 g/mol. The van der Waals surface area contributed by atoms with Crippen LogP contribution in [-0.2, 0) is 0 Å². The number of non-ortho nitro benzene ring substituents is 2. The molecule has 154 valence electrons. The largest absolute Gasteiger partial charge is 0.490 e. The minimum absolute atomic E-state index is 0.201. The maximum Gasteiger partial charge on any atom is 0.277 e. The number of benzene rings is 2. The Morgan fingerprint density at radius 2 is 1.45 bits per heavy atom. The Bertz CT molecular complexity index is 882. The molecule has 10 heteroatoms. The van der Waals surface area contributed by atoms with Crippen molar-refractivity contribution in [1.29, 1.82) is 0 Å². The first kappa shape index (κ1) is 21.6. The minimum atomic E-state index is -0.791. The van der Waals surface area contributed by atoms with E-state index in [4.69, 9.17) is 9.47 Å². The maximum absolute atomic E-state index is 12.5. The van der Waals surface area contributed by atoms with Gasteiger partial charge in [-0.05, 0) is 25.0 Å². The smallest absolute Gasteiger partial charge is 0.277 e. The Morgan fingerprint density at radius 3 is 1.97 bits per heavy atom. The van der Waals surface area contributed by atoms with E-state index in [0.29, 0.717) is 30.4 Å². The summed E-state index contributed by atoms with van der Waals surface area (Å²) < 4.78 is 11.3. The zero-order valence-electron chi connectivity index (χ0n) is 16.0. The molecule has 2 aromatic rings. The van der Waals surface area contributed by atoms with E-state index >= 15 is 0 Å². The van der Waals surface area contributed by atoms with Gasteiger partial charge in [-0.25, -0.2) is 0 Å². The molecule has 0 heterocycles. The van der Waals surface area contributed by atoms with E-state index in [1.54, 1.807) is 18.2 Å². The van der Waals surface area contributed by atoms with Crippen LogP contribution in [0.2, 0.25) is 0 Å². The van der Waals surface area contributed by atoms with Crippen LogP contribution in [0.1, 0.15) is 37.0 Å². The summed E-state index contributed by atoms with van der Waals surface area (Å²) in [5.41, 5.74) is -0.924. The molecule has 0 fully saturated rings. The normalized spacial score (nSPS) is 10.3. The third-order valence-corrected chi connectivity index (χ3v) is 3.71. The van der Waals surface area contributed by atoms with Crippen molar-refractivity contribution in [2.45, 2.75) is 26.7 Å². The summed E-state index contributed by atoms with van der Waals surface area (Å²) in [5.74, 6) is 0.257. The van der Waals surface area contributed by atoms with Gasteiger partial charge in [-0.15, -0.1) is 0 Å². The highest BCUT2D eigenvalue weighted by atomic mass is 16.6. The van der Waals surface area contributed by atoms with E-state index in [1.165, 1.54) is 0 Å². The fourth-order valence-electron chi connectivity index (χ4n) is 2.38. The van der Waals surface area contributed by atoms with Gasteiger partial charge in [-0.2, -0.15) is 0 Å². The van der Waals surface area contributed by atoms with E-state index in [1.807, 2.05) is 13.8 Å². The predicted octanol–water partition coefficient (Wildman–Crippen LogP) is 4.33. The molecular weight excluding hydrogens is 382 g/mol. The molecule has 2 aromatic carbocycles. The highest BCUT2D eigenvalue weighted by molar-refractivity contribution is 6.05. The van der Waals surface area contributed by atoms with Crippen LogP contribution in [0.25, 0.3) is 0 Å². The number of nitrogens with zero attached hydrogens (tertiary/aromatic N) is 2. The minimum Gasteiger partial charge on any atom is -0.490 e. The molecule has 1 amide bonds. The number of anilines is 1. The molecule has 0 aromatic heterocycles. The molecule has 10 nitrogen and oxygen atoms in total. The highest BCUT2D eigenvalue weighted by Crippen LogP contribution is 2.31. The van der Waals surface area contributed by atoms with Gasteiger partial charge in [-0.1, -0.05) is 13.8 Å². The van der Waals surface area contributed by atoms with Crippen molar-refractivity contribution in [3.05, 3.63) is 62.2 Å². The van der Waals surface area contributed by atoms with Gasteiger partial charge < -0.3 is 14.8 Å². The fraction of sp³-hybridized carbons (Fsp3) is 0.316. The second kappa shape index (κ2) is 10.0. The lowest BCUT2D eigenvalue weighted by Gasteiger charge is -2.14. The number of rotatable bonds is 10. The van der Waals surface area contributed by atoms with Gasteiger partial charge in [0.2, 0.25) is 0 Å². The molecule has 0 aliphatic rings. The second-order valence-electron chi connectivity index (χ2n) is 6.06. The predicted molar refractivity (Wildman–Crippen MR) is 106 cm³/mol. The lowest BCUT2D eigenvalue weighted by molar-refractivity contribution is -0.394. The molecule has 29 heavy (non-hydrogen) atoms. The summed E-state index contributed by atoms with van der Waals surface area (Å²) in [6.07, 6.45) is 1.60. The van der Waals surface area contributed by atoms with Gasteiger partial charge in [0.15, 0.2) is 11.5 Å². The highest BCUT2D eigenvalue weighted by Gasteiger charge is 2.20. The van der Waals surface area contributed by atoms with Crippen LogP contribution in [0.3, 0.4) is 0 Å². The number of hydrogen-bond donors (Lipinski definition) is 1. The van der Waals surface area contributed by atoms with Crippen LogP contribution < -0.4 is 14.8 Å². The van der Waals surface area contributed by atoms with Crippen molar-refractivity contribution in [2.75, 3.05) is 18.5 Å². The first-order chi connectivity index (χ1) is 13.8. The molecule has 0 radical (unpaired) electrons. The first-order valence-corrected chi connectivity index (χ1v) is 9.00. The lowest BCUT2D eigenvalue weighted by Crippen LogP contribution is -2.13. The molecule has 0 unspecified atom stereocenters. The number of hydrogen-bond acceptors (Lipinski definition) is 7. The number of carbonyl (C=O) groups excluding carboxylic acids is 1. The molecular formula is C19H21N3O7. The number of ether oxygens (including phenoxy) is 2. The van der Waals surface area contributed by atoms with Gasteiger partial charge in [0, 0.05) is 23.9 Å². The molecule has 0 saturated carbocycles. The molecule has 2 rings (SSSR count). The van der Waals surface area contributed by atoms with Gasteiger partial charge in [0.05, 0.1) is 34.7 Å². The Hall–Kier alpha value is -3.69. The maximum atomic E-state index is 12.5. The lowest BCUT2D eigenvalue weighted by atomic mass is 10.1. The monoisotopic (exact) mass is 403 g/mol. The summed E-state index contributed by atoms with van der Waals surface area (Å²) in [6, 6.07) is 7.57. The second-order valence-corrected chi connectivity index (χ2v) is 6.06. The van der Waals surface area contributed by atoms with Gasteiger partial charge in [0.25, 0.3) is 17.3 Å². The van der Waals surface area contributed by atoms with Crippen LogP contribution in [0.4, 0.5) is 17.1 Å². The first-order valence-electron chi connectivity index (χ1n) is 9.00. The van der Waals surface area contributed by atoms with Crippen molar-refractivity contribution in [2.24, 2.45) is 0 Å². The summed E-state index contributed by atoms with van der Waals surface area (Å²) >= 11 is 0. The summed E-state index contributed by atoms with van der Waals surface area (Å²) in [7, 11) is 0. The van der Waals surface area contributed by atoms with Crippen LogP contribution in [0.5, 0.6) is 11.5 Å². The molecule has 0 atom stereocenters.